The van der Waals surface area contributed by atoms with Crippen molar-refractivity contribution in [3.05, 3.63) is 95.0 Å². The van der Waals surface area contributed by atoms with Gasteiger partial charge in [-0.2, -0.15) is 0 Å². The summed E-state index contributed by atoms with van der Waals surface area (Å²) in [5, 5.41) is 0.901. The Balaban J connectivity index is 2.22. The molecule has 0 atom stereocenters. The molecule has 5 heteroatoms. The summed E-state index contributed by atoms with van der Waals surface area (Å²) in [6.07, 6.45) is 3.10. The van der Waals surface area contributed by atoms with Crippen molar-refractivity contribution >= 4 is 16.7 Å². The van der Waals surface area contributed by atoms with Crippen LogP contribution >= 0.6 is 0 Å². The van der Waals surface area contributed by atoms with Gasteiger partial charge in [-0.15, -0.1) is 0 Å². The predicted octanol–water partition coefficient (Wildman–Crippen LogP) is 4.23. The van der Waals surface area contributed by atoms with Crippen LogP contribution in [0.15, 0.2) is 83.9 Å². The first kappa shape index (κ1) is 17.7. The predicted molar refractivity (Wildman–Crippen MR) is 109 cm³/mol. The van der Waals surface area contributed by atoms with Gasteiger partial charge >= 0.3 is 5.97 Å². The van der Waals surface area contributed by atoms with Crippen molar-refractivity contribution in [1.29, 1.82) is 0 Å². The Kier molecular flexibility index (Phi) is 4.72. The molecule has 0 saturated heterocycles. The minimum Gasteiger partial charge on any atom is -0.462 e. The highest BCUT2D eigenvalue weighted by atomic mass is 16.5. The average molecular weight is 370 g/mol. The van der Waals surface area contributed by atoms with Crippen LogP contribution in [0.3, 0.4) is 0 Å². The molecule has 0 fully saturated rings. The van der Waals surface area contributed by atoms with Gasteiger partial charge in [-0.3, -0.25) is 14.3 Å². The third-order valence-corrected chi connectivity index (χ3v) is 4.53. The van der Waals surface area contributed by atoms with E-state index < -0.39 is 5.97 Å². The third kappa shape index (κ3) is 2.97. The Labute approximate surface area is 161 Å². The molecule has 2 aromatic heterocycles. The molecule has 28 heavy (non-hydrogen) atoms. The van der Waals surface area contributed by atoms with Gasteiger partial charge in [-0.1, -0.05) is 48.5 Å². The van der Waals surface area contributed by atoms with Gasteiger partial charge in [-0.05, 0) is 30.7 Å². The highest BCUT2D eigenvalue weighted by Crippen LogP contribution is 2.30. The van der Waals surface area contributed by atoms with Crippen molar-refractivity contribution in [3.8, 4) is 16.9 Å². The quantitative estimate of drug-likeness (QED) is 0.505. The minimum atomic E-state index is -0.482. The summed E-state index contributed by atoms with van der Waals surface area (Å²) >= 11 is 0. The number of benzene rings is 2. The molecule has 138 valence electrons. The van der Waals surface area contributed by atoms with Gasteiger partial charge in [0.05, 0.1) is 23.3 Å². The standard InChI is InChI=1S/C23H18N2O3/c1-2-28-23(27)20-19-15-24-14-13-18(19)22(26)25(17-11-7-4-8-12-17)21(20)16-9-5-3-6-10-16/h3-15H,2H2,1H3. The fourth-order valence-electron chi connectivity index (χ4n) is 3.34. The monoisotopic (exact) mass is 370 g/mol. The van der Waals surface area contributed by atoms with E-state index in [1.54, 1.807) is 30.0 Å². The summed E-state index contributed by atoms with van der Waals surface area (Å²) in [6, 6.07) is 20.3. The molecule has 5 nitrogen and oxygen atoms in total. The Hall–Kier alpha value is -3.73. The number of rotatable bonds is 4. The van der Waals surface area contributed by atoms with Crippen LogP contribution < -0.4 is 5.56 Å². The molecule has 0 aliphatic rings. The first-order chi connectivity index (χ1) is 13.7. The van der Waals surface area contributed by atoms with E-state index >= 15 is 0 Å². The molecule has 0 aliphatic heterocycles. The fraction of sp³-hybridized carbons (Fsp3) is 0.0870. The lowest BCUT2D eigenvalue weighted by atomic mass is 9.99. The minimum absolute atomic E-state index is 0.212. The van der Waals surface area contributed by atoms with Gasteiger partial charge < -0.3 is 4.74 Å². The SMILES string of the molecule is CCOC(=O)c1c(-c2ccccc2)n(-c2ccccc2)c(=O)c2ccncc12. The van der Waals surface area contributed by atoms with Crippen molar-refractivity contribution in [3.63, 3.8) is 0 Å². The Bertz CT molecular complexity index is 1200. The van der Waals surface area contributed by atoms with Crippen LogP contribution in [-0.2, 0) is 4.74 Å². The second-order valence-electron chi connectivity index (χ2n) is 6.21. The van der Waals surface area contributed by atoms with Crippen molar-refractivity contribution in [1.82, 2.24) is 9.55 Å². The Morgan fingerprint density at radius 2 is 1.64 bits per heavy atom. The van der Waals surface area contributed by atoms with Crippen LogP contribution in [0, 0.1) is 0 Å². The van der Waals surface area contributed by atoms with Gasteiger partial charge in [0.1, 0.15) is 0 Å². The number of nitrogens with zero attached hydrogens (tertiary/aromatic N) is 2. The van der Waals surface area contributed by atoms with Gasteiger partial charge in [0.15, 0.2) is 0 Å². The number of carbonyl (C=O) groups excluding carboxylic acids is 1. The molecule has 2 aromatic carbocycles. The number of esters is 1. The highest BCUT2D eigenvalue weighted by molar-refractivity contribution is 6.09. The lowest BCUT2D eigenvalue weighted by molar-refractivity contribution is 0.0529. The van der Waals surface area contributed by atoms with Crippen LogP contribution in [0.4, 0.5) is 0 Å². The second-order valence-corrected chi connectivity index (χ2v) is 6.21. The van der Waals surface area contributed by atoms with Crippen LogP contribution in [0.2, 0.25) is 0 Å². The summed E-state index contributed by atoms with van der Waals surface area (Å²) in [7, 11) is 0. The molecule has 0 N–H and O–H groups in total. The number of carbonyl (C=O) groups is 1. The lowest BCUT2D eigenvalue weighted by Crippen LogP contribution is -2.24. The molecular formula is C23H18N2O3. The number of pyridine rings is 2. The number of hydrogen-bond acceptors (Lipinski definition) is 4. The van der Waals surface area contributed by atoms with Crippen molar-refractivity contribution in [2.75, 3.05) is 6.61 Å². The topological polar surface area (TPSA) is 61.2 Å². The lowest BCUT2D eigenvalue weighted by Gasteiger charge is -2.19. The number of para-hydroxylation sites is 1. The number of ether oxygens (including phenoxy) is 1. The smallest absolute Gasteiger partial charge is 0.340 e. The molecule has 0 amide bonds. The molecule has 2 heterocycles. The van der Waals surface area contributed by atoms with Crippen molar-refractivity contribution < 1.29 is 9.53 Å². The van der Waals surface area contributed by atoms with E-state index in [9.17, 15) is 9.59 Å². The molecule has 4 aromatic rings. The third-order valence-electron chi connectivity index (χ3n) is 4.53. The van der Waals surface area contributed by atoms with Gasteiger partial charge in [-0.25, -0.2) is 4.79 Å². The van der Waals surface area contributed by atoms with Gasteiger partial charge in [0, 0.05) is 23.5 Å². The van der Waals surface area contributed by atoms with Crippen LogP contribution in [0.25, 0.3) is 27.7 Å². The number of hydrogen-bond donors (Lipinski definition) is 0. The molecule has 0 saturated carbocycles. The zero-order valence-electron chi connectivity index (χ0n) is 15.3. The molecule has 0 radical (unpaired) electrons. The maximum atomic E-state index is 13.4. The molecule has 0 spiro atoms. The van der Waals surface area contributed by atoms with Crippen LogP contribution in [0.5, 0.6) is 0 Å². The first-order valence-corrected chi connectivity index (χ1v) is 9.03. The zero-order valence-corrected chi connectivity index (χ0v) is 15.3. The van der Waals surface area contributed by atoms with Gasteiger partial charge in [0.25, 0.3) is 5.56 Å². The van der Waals surface area contributed by atoms with E-state index in [2.05, 4.69) is 4.98 Å². The number of fused-ring (bicyclic) bond motifs is 1. The van der Waals surface area contributed by atoms with Gasteiger partial charge in [0.2, 0.25) is 0 Å². The summed E-state index contributed by atoms with van der Waals surface area (Å²) in [5.74, 6) is -0.482. The fourth-order valence-corrected chi connectivity index (χ4v) is 3.34. The maximum absolute atomic E-state index is 13.4. The Morgan fingerprint density at radius 3 is 2.32 bits per heavy atom. The normalized spacial score (nSPS) is 10.8. The second kappa shape index (κ2) is 7.48. The molecule has 4 rings (SSSR count). The van der Waals surface area contributed by atoms with E-state index in [4.69, 9.17) is 4.74 Å². The Morgan fingerprint density at radius 1 is 0.964 bits per heavy atom. The summed E-state index contributed by atoms with van der Waals surface area (Å²) in [6.45, 7) is 1.99. The summed E-state index contributed by atoms with van der Waals surface area (Å²) in [4.78, 5) is 30.6. The maximum Gasteiger partial charge on any atom is 0.340 e. The molecule has 0 aliphatic carbocycles. The van der Waals surface area contributed by atoms with E-state index in [-0.39, 0.29) is 12.2 Å². The summed E-state index contributed by atoms with van der Waals surface area (Å²) < 4.78 is 6.92. The summed E-state index contributed by atoms with van der Waals surface area (Å²) in [5.41, 5.74) is 2.04. The van der Waals surface area contributed by atoms with E-state index in [0.717, 1.165) is 5.56 Å². The van der Waals surface area contributed by atoms with E-state index in [0.29, 0.717) is 27.7 Å². The average Bonchev–Trinajstić information content (AvgIpc) is 2.75. The van der Waals surface area contributed by atoms with Crippen LogP contribution in [-0.4, -0.2) is 22.1 Å². The molecule has 0 bridgehead atoms. The van der Waals surface area contributed by atoms with E-state index in [1.807, 2.05) is 60.7 Å². The first-order valence-electron chi connectivity index (χ1n) is 9.03. The molecule has 0 unspecified atom stereocenters. The zero-order chi connectivity index (χ0) is 19.5. The highest BCUT2D eigenvalue weighted by Gasteiger charge is 2.24. The largest absolute Gasteiger partial charge is 0.462 e. The van der Waals surface area contributed by atoms with Crippen LogP contribution in [0.1, 0.15) is 17.3 Å². The van der Waals surface area contributed by atoms with E-state index in [1.165, 1.54) is 0 Å². The number of aromatic nitrogens is 2. The van der Waals surface area contributed by atoms with Crippen molar-refractivity contribution in [2.24, 2.45) is 0 Å². The molecular weight excluding hydrogens is 352 g/mol. The van der Waals surface area contributed by atoms with Crippen molar-refractivity contribution in [2.45, 2.75) is 6.92 Å².